The minimum absolute atomic E-state index is 0.0357. The van der Waals surface area contributed by atoms with Gasteiger partial charge >= 0.3 is 6.03 Å². The van der Waals surface area contributed by atoms with Crippen LogP contribution in [0.3, 0.4) is 0 Å². The van der Waals surface area contributed by atoms with Crippen LogP contribution < -0.4 is 10.6 Å². The minimum atomic E-state index is -0.834. The number of hydrogen-bond acceptors (Lipinski definition) is 4. The molecule has 1 aliphatic heterocycles. The van der Waals surface area contributed by atoms with Crippen LogP contribution >= 0.6 is 0 Å². The molecule has 7 heteroatoms. The van der Waals surface area contributed by atoms with E-state index >= 15 is 0 Å². The summed E-state index contributed by atoms with van der Waals surface area (Å²) in [5.74, 6) is -0.817. The second-order valence-electron chi connectivity index (χ2n) is 4.78. The average Bonchev–Trinajstić information content (AvgIpc) is 2.67. The van der Waals surface area contributed by atoms with Gasteiger partial charge in [0.2, 0.25) is 5.91 Å². The molecular formula is C14H15N3O4. The first-order valence-electron chi connectivity index (χ1n) is 6.37. The van der Waals surface area contributed by atoms with E-state index in [1.807, 2.05) is 0 Å². The molecule has 7 nitrogen and oxygen atoms in total. The molecule has 1 fully saturated rings. The van der Waals surface area contributed by atoms with Crippen LogP contribution in [0.1, 0.15) is 23.7 Å². The minimum Gasteiger partial charge on any atom is -0.326 e. The van der Waals surface area contributed by atoms with Gasteiger partial charge in [0, 0.05) is 18.3 Å². The molecule has 110 valence electrons. The third kappa shape index (κ3) is 3.25. The molecule has 0 bridgehead atoms. The summed E-state index contributed by atoms with van der Waals surface area (Å²) in [6, 6.07) is 4.95. The van der Waals surface area contributed by atoms with Gasteiger partial charge in [0.15, 0.2) is 5.78 Å². The number of anilines is 1. The number of hydrogen-bond donors (Lipinski definition) is 2. The highest BCUT2D eigenvalue weighted by atomic mass is 16.2. The zero-order valence-electron chi connectivity index (χ0n) is 11.7. The molecule has 1 atom stereocenters. The van der Waals surface area contributed by atoms with Crippen LogP contribution in [-0.4, -0.2) is 41.6 Å². The number of likely N-dealkylation sites (tertiary alicyclic amines) is 1. The first-order chi connectivity index (χ1) is 9.88. The Balaban J connectivity index is 1.94. The van der Waals surface area contributed by atoms with E-state index in [1.165, 1.54) is 14.0 Å². The van der Waals surface area contributed by atoms with Crippen molar-refractivity contribution in [2.45, 2.75) is 19.4 Å². The summed E-state index contributed by atoms with van der Waals surface area (Å²) in [6.07, 6.45) is -0.0357. The van der Waals surface area contributed by atoms with Crippen molar-refractivity contribution in [3.63, 3.8) is 0 Å². The fourth-order valence-corrected chi connectivity index (χ4v) is 1.98. The molecule has 0 radical (unpaired) electrons. The number of urea groups is 1. The molecule has 1 unspecified atom stereocenters. The predicted octanol–water partition coefficient (Wildman–Crippen LogP) is 0.768. The van der Waals surface area contributed by atoms with Gasteiger partial charge in [-0.05, 0) is 31.2 Å². The van der Waals surface area contributed by atoms with Gasteiger partial charge in [-0.15, -0.1) is 0 Å². The van der Waals surface area contributed by atoms with E-state index < -0.39 is 18.0 Å². The molecule has 0 aliphatic carbocycles. The maximum atomic E-state index is 11.8. The van der Waals surface area contributed by atoms with Crippen LogP contribution in [0.5, 0.6) is 0 Å². The molecule has 1 aliphatic rings. The Labute approximate surface area is 121 Å². The van der Waals surface area contributed by atoms with Gasteiger partial charge in [-0.3, -0.25) is 19.3 Å². The molecule has 0 spiro atoms. The summed E-state index contributed by atoms with van der Waals surface area (Å²) in [7, 11) is 1.38. The van der Waals surface area contributed by atoms with Crippen molar-refractivity contribution in [3.05, 3.63) is 29.8 Å². The summed E-state index contributed by atoms with van der Waals surface area (Å²) in [4.78, 5) is 46.9. The Morgan fingerprint density at radius 3 is 2.29 bits per heavy atom. The molecule has 1 heterocycles. The molecule has 1 saturated heterocycles. The molecule has 0 aromatic heterocycles. The van der Waals surface area contributed by atoms with Gasteiger partial charge in [0.05, 0.1) is 6.42 Å². The quantitative estimate of drug-likeness (QED) is 0.634. The van der Waals surface area contributed by atoms with Crippen LogP contribution in [0.2, 0.25) is 0 Å². The van der Waals surface area contributed by atoms with E-state index in [-0.39, 0.29) is 18.1 Å². The summed E-state index contributed by atoms with van der Waals surface area (Å²) in [6.45, 7) is 1.45. The van der Waals surface area contributed by atoms with E-state index in [0.29, 0.717) is 11.3 Å². The Hall–Kier alpha value is -2.70. The van der Waals surface area contributed by atoms with Crippen LogP contribution in [0.25, 0.3) is 0 Å². The number of imide groups is 1. The predicted molar refractivity (Wildman–Crippen MR) is 74.8 cm³/mol. The number of rotatable bonds is 3. The smallest absolute Gasteiger partial charge is 0.319 e. The number of carbonyl (C=O) groups excluding carboxylic acids is 4. The van der Waals surface area contributed by atoms with Crippen molar-refractivity contribution in [2.24, 2.45) is 0 Å². The maximum Gasteiger partial charge on any atom is 0.319 e. The van der Waals surface area contributed by atoms with Crippen molar-refractivity contribution in [3.8, 4) is 0 Å². The molecule has 21 heavy (non-hydrogen) atoms. The number of carbonyl (C=O) groups is 4. The lowest BCUT2D eigenvalue weighted by atomic mass is 10.1. The highest BCUT2D eigenvalue weighted by Gasteiger charge is 2.36. The van der Waals surface area contributed by atoms with Gasteiger partial charge in [0.25, 0.3) is 5.91 Å². The van der Waals surface area contributed by atoms with Crippen LogP contribution in [0.15, 0.2) is 24.3 Å². The first kappa shape index (κ1) is 14.7. The standard InChI is InChI=1S/C14H15N3O4/c1-8(18)9-3-5-10(6-4-9)15-14(21)16-11-7-12(19)17(2)13(11)20/h3-6,11H,7H2,1-2H3,(H2,15,16,21). The molecule has 4 amide bonds. The number of Topliss-reactive ketones (excluding diaryl/α,β-unsaturated/α-hetero) is 1. The third-order valence-electron chi connectivity index (χ3n) is 3.24. The summed E-state index contributed by atoms with van der Waals surface area (Å²) in [5, 5.41) is 4.99. The van der Waals surface area contributed by atoms with Gasteiger partial charge in [-0.2, -0.15) is 0 Å². The highest BCUT2D eigenvalue weighted by Crippen LogP contribution is 2.12. The Kier molecular flexibility index (Phi) is 4.02. The molecule has 1 aromatic carbocycles. The Bertz CT molecular complexity index is 609. The van der Waals surface area contributed by atoms with E-state index in [9.17, 15) is 19.2 Å². The largest absolute Gasteiger partial charge is 0.326 e. The fraction of sp³-hybridized carbons (Fsp3) is 0.286. The number of nitrogens with one attached hydrogen (secondary N) is 2. The zero-order chi connectivity index (χ0) is 15.6. The maximum absolute atomic E-state index is 11.8. The summed E-state index contributed by atoms with van der Waals surface area (Å²) >= 11 is 0. The summed E-state index contributed by atoms with van der Waals surface area (Å²) in [5.41, 5.74) is 1.03. The van der Waals surface area contributed by atoms with Gasteiger partial charge in [-0.1, -0.05) is 0 Å². The number of ketones is 1. The molecular weight excluding hydrogens is 274 g/mol. The van der Waals surface area contributed by atoms with Crippen molar-refractivity contribution < 1.29 is 19.2 Å². The zero-order valence-corrected chi connectivity index (χ0v) is 11.7. The van der Waals surface area contributed by atoms with E-state index in [2.05, 4.69) is 10.6 Å². The van der Waals surface area contributed by atoms with Crippen molar-refractivity contribution in [1.29, 1.82) is 0 Å². The SMILES string of the molecule is CC(=O)c1ccc(NC(=O)NC2CC(=O)N(C)C2=O)cc1. The molecule has 2 N–H and O–H groups in total. The molecule has 1 aromatic rings. The van der Waals surface area contributed by atoms with Crippen molar-refractivity contribution in [2.75, 3.05) is 12.4 Å². The lowest BCUT2D eigenvalue weighted by molar-refractivity contribution is -0.137. The number of likely N-dealkylation sites (N-methyl/N-ethyl adjacent to an activating group) is 1. The van der Waals surface area contributed by atoms with Gasteiger partial charge < -0.3 is 10.6 Å². The highest BCUT2D eigenvalue weighted by molar-refractivity contribution is 6.07. The van der Waals surface area contributed by atoms with E-state index in [1.54, 1.807) is 24.3 Å². The molecule has 0 saturated carbocycles. The van der Waals surface area contributed by atoms with Crippen LogP contribution in [-0.2, 0) is 9.59 Å². The van der Waals surface area contributed by atoms with Crippen LogP contribution in [0, 0.1) is 0 Å². The monoisotopic (exact) mass is 289 g/mol. The van der Waals surface area contributed by atoms with Crippen molar-refractivity contribution >= 4 is 29.3 Å². The van der Waals surface area contributed by atoms with E-state index in [0.717, 1.165) is 4.90 Å². The topological polar surface area (TPSA) is 95.6 Å². The Morgan fingerprint density at radius 1 is 1.19 bits per heavy atom. The number of benzene rings is 1. The van der Waals surface area contributed by atoms with Gasteiger partial charge in [-0.25, -0.2) is 4.79 Å². The average molecular weight is 289 g/mol. The first-order valence-corrected chi connectivity index (χ1v) is 6.37. The molecule has 2 rings (SSSR count). The second kappa shape index (κ2) is 5.74. The lowest BCUT2D eigenvalue weighted by Gasteiger charge is -2.12. The van der Waals surface area contributed by atoms with E-state index in [4.69, 9.17) is 0 Å². The third-order valence-corrected chi connectivity index (χ3v) is 3.24. The number of nitrogens with zero attached hydrogens (tertiary/aromatic N) is 1. The van der Waals surface area contributed by atoms with Gasteiger partial charge in [0.1, 0.15) is 6.04 Å². The number of amides is 4. The lowest BCUT2D eigenvalue weighted by Crippen LogP contribution is -2.42. The second-order valence-corrected chi connectivity index (χ2v) is 4.78. The van der Waals surface area contributed by atoms with Crippen molar-refractivity contribution in [1.82, 2.24) is 10.2 Å². The fourth-order valence-electron chi connectivity index (χ4n) is 1.98. The normalized spacial score (nSPS) is 17.8. The Morgan fingerprint density at radius 2 is 1.81 bits per heavy atom. The van der Waals surface area contributed by atoms with Crippen LogP contribution in [0.4, 0.5) is 10.5 Å². The summed E-state index contributed by atoms with van der Waals surface area (Å²) < 4.78 is 0.